The van der Waals surface area contributed by atoms with Crippen LogP contribution in [0.3, 0.4) is 0 Å². The number of sulfonamides is 1. The maximum absolute atomic E-state index is 13.8. The summed E-state index contributed by atoms with van der Waals surface area (Å²) >= 11 is 0. The number of carbonyl (C=O) groups excluding carboxylic acids is 1. The fourth-order valence-corrected chi connectivity index (χ4v) is 7.06. The summed E-state index contributed by atoms with van der Waals surface area (Å²) in [6.45, 7) is 1.44. The molecule has 2 aromatic carbocycles. The first-order chi connectivity index (χ1) is 16.1. The molecule has 2 atom stereocenters. The Labute approximate surface area is 200 Å². The summed E-state index contributed by atoms with van der Waals surface area (Å²) in [5.41, 5.74) is -1.45. The van der Waals surface area contributed by atoms with E-state index in [1.807, 2.05) is 0 Å². The van der Waals surface area contributed by atoms with Gasteiger partial charge in [0.1, 0.15) is 5.82 Å². The van der Waals surface area contributed by atoms with Gasteiger partial charge in [-0.2, -0.15) is 17.5 Å². The minimum absolute atomic E-state index is 0.117. The second kappa shape index (κ2) is 8.56. The molecule has 0 bridgehead atoms. The quantitative estimate of drug-likeness (QED) is 0.419. The van der Waals surface area contributed by atoms with Gasteiger partial charge in [0.25, 0.3) is 5.91 Å². The lowest BCUT2D eigenvalue weighted by Crippen LogP contribution is -2.68. The van der Waals surface area contributed by atoms with Crippen molar-refractivity contribution in [3.05, 3.63) is 59.4 Å². The molecule has 0 aromatic heterocycles. The summed E-state index contributed by atoms with van der Waals surface area (Å²) in [7, 11) is -8.18. The van der Waals surface area contributed by atoms with Crippen LogP contribution < -0.4 is 0 Å². The summed E-state index contributed by atoms with van der Waals surface area (Å²) in [5, 5.41) is 0. The van der Waals surface area contributed by atoms with E-state index in [-0.39, 0.29) is 17.0 Å². The Morgan fingerprint density at radius 2 is 1.71 bits per heavy atom. The van der Waals surface area contributed by atoms with Gasteiger partial charge in [-0.1, -0.05) is 6.07 Å². The van der Waals surface area contributed by atoms with Crippen LogP contribution in [-0.4, -0.2) is 62.9 Å². The van der Waals surface area contributed by atoms with E-state index < -0.39 is 66.3 Å². The zero-order valence-electron chi connectivity index (χ0n) is 18.7. The Hall–Kier alpha value is -2.51. The smallest absolute Gasteiger partial charge is 0.333 e. The molecule has 35 heavy (non-hydrogen) atoms. The van der Waals surface area contributed by atoms with Gasteiger partial charge in [-0.3, -0.25) is 4.79 Å². The van der Waals surface area contributed by atoms with Gasteiger partial charge in [0.2, 0.25) is 10.0 Å². The van der Waals surface area contributed by atoms with Gasteiger partial charge in [-0.25, -0.2) is 21.2 Å². The Bertz CT molecular complexity index is 1390. The molecular weight excluding hydrogens is 512 g/mol. The second-order valence-corrected chi connectivity index (χ2v) is 12.6. The molecule has 1 aliphatic heterocycles. The second-order valence-electron chi connectivity index (χ2n) is 8.77. The van der Waals surface area contributed by atoms with Crippen LogP contribution in [0.4, 0.5) is 17.6 Å². The molecule has 2 fully saturated rings. The van der Waals surface area contributed by atoms with Crippen molar-refractivity contribution in [2.45, 2.75) is 53.9 Å². The lowest BCUT2D eigenvalue weighted by atomic mass is 9.96. The third kappa shape index (κ3) is 4.81. The Balaban J connectivity index is 1.63. The van der Waals surface area contributed by atoms with Crippen LogP contribution in [0.5, 0.6) is 0 Å². The lowest BCUT2D eigenvalue weighted by Gasteiger charge is -2.50. The Morgan fingerprint density at radius 1 is 1.06 bits per heavy atom. The van der Waals surface area contributed by atoms with E-state index >= 15 is 0 Å². The highest BCUT2D eigenvalue weighted by Crippen LogP contribution is 2.40. The number of nitrogens with zero attached hydrogens (tertiary/aromatic N) is 2. The zero-order chi connectivity index (χ0) is 25.9. The predicted octanol–water partition coefficient (Wildman–Crippen LogP) is 3.31. The van der Waals surface area contributed by atoms with Crippen molar-refractivity contribution in [3.63, 3.8) is 0 Å². The van der Waals surface area contributed by atoms with E-state index in [2.05, 4.69) is 0 Å². The first kappa shape index (κ1) is 25.6. The topological polar surface area (TPSA) is 91.8 Å². The van der Waals surface area contributed by atoms with Crippen LogP contribution in [-0.2, 0) is 26.0 Å². The van der Waals surface area contributed by atoms with Crippen molar-refractivity contribution in [2.75, 3.05) is 12.8 Å². The predicted molar refractivity (Wildman–Crippen MR) is 117 cm³/mol. The Morgan fingerprint density at radius 3 is 2.26 bits per heavy atom. The number of benzene rings is 2. The number of rotatable bonds is 6. The van der Waals surface area contributed by atoms with Gasteiger partial charge in [-0.15, -0.1) is 0 Å². The standard InChI is InChI=1S/C22H22F4N2O5S2/c1-13-19(12-27(13)21(29)18-11-15(23)6-9-20(18)34(2,30)31)28(16-7-8-16)35(32,33)17-5-3-4-14(10-17)22(24,25)26/h3-6,9-11,13,16,19H,7-8,12H2,1-2H3/t13-,19-/m1/s1. The van der Waals surface area contributed by atoms with E-state index in [4.69, 9.17) is 0 Å². The molecule has 1 saturated carbocycles. The van der Waals surface area contributed by atoms with E-state index in [0.717, 1.165) is 47.0 Å². The minimum atomic E-state index is -4.72. The van der Waals surface area contributed by atoms with Crippen LogP contribution in [0.1, 0.15) is 35.7 Å². The maximum Gasteiger partial charge on any atom is 0.416 e. The maximum atomic E-state index is 13.8. The number of sulfone groups is 1. The average Bonchev–Trinajstić information content (AvgIpc) is 3.59. The van der Waals surface area contributed by atoms with Crippen LogP contribution in [0, 0.1) is 5.82 Å². The number of alkyl halides is 3. The summed E-state index contributed by atoms with van der Waals surface area (Å²) in [6.07, 6.45) is -2.78. The molecular formula is C22H22F4N2O5S2. The molecule has 0 N–H and O–H groups in total. The first-order valence-corrected chi connectivity index (χ1v) is 14.0. The first-order valence-electron chi connectivity index (χ1n) is 10.6. The molecule has 0 spiro atoms. The van der Waals surface area contributed by atoms with Crippen molar-refractivity contribution in [3.8, 4) is 0 Å². The summed E-state index contributed by atoms with van der Waals surface area (Å²) in [4.78, 5) is 13.5. The molecule has 7 nitrogen and oxygen atoms in total. The number of halogens is 4. The highest BCUT2D eigenvalue weighted by Gasteiger charge is 2.52. The van der Waals surface area contributed by atoms with Crippen molar-refractivity contribution >= 4 is 25.8 Å². The normalized spacial score (nSPS) is 21.2. The molecule has 2 aliphatic rings. The van der Waals surface area contributed by atoms with Crippen LogP contribution in [0.25, 0.3) is 0 Å². The highest BCUT2D eigenvalue weighted by molar-refractivity contribution is 7.90. The number of hydrogen-bond acceptors (Lipinski definition) is 5. The highest BCUT2D eigenvalue weighted by atomic mass is 32.2. The Kier molecular flexibility index (Phi) is 6.25. The molecule has 0 radical (unpaired) electrons. The molecule has 4 rings (SSSR count). The molecule has 0 unspecified atom stereocenters. The lowest BCUT2D eigenvalue weighted by molar-refractivity contribution is -0.137. The molecule has 13 heteroatoms. The number of carbonyl (C=O) groups is 1. The molecule has 1 saturated heterocycles. The molecule has 1 amide bonds. The number of hydrogen-bond donors (Lipinski definition) is 0. The average molecular weight is 535 g/mol. The van der Waals surface area contributed by atoms with E-state index in [1.165, 1.54) is 4.90 Å². The molecule has 190 valence electrons. The van der Waals surface area contributed by atoms with Crippen LogP contribution >= 0.6 is 0 Å². The van der Waals surface area contributed by atoms with Crippen molar-refractivity contribution < 1.29 is 39.2 Å². The fraction of sp³-hybridized carbons (Fsp3) is 0.409. The largest absolute Gasteiger partial charge is 0.416 e. The van der Waals surface area contributed by atoms with Gasteiger partial charge in [0.05, 0.1) is 27.0 Å². The molecule has 1 aliphatic carbocycles. The summed E-state index contributed by atoms with van der Waals surface area (Å²) in [5.74, 6) is -1.59. The van der Waals surface area contributed by atoms with E-state index in [0.29, 0.717) is 18.9 Å². The zero-order valence-corrected chi connectivity index (χ0v) is 20.3. The monoisotopic (exact) mass is 534 g/mol. The molecule has 1 heterocycles. The van der Waals surface area contributed by atoms with Gasteiger partial charge >= 0.3 is 6.18 Å². The number of likely N-dealkylation sites (tertiary alicyclic amines) is 1. The van der Waals surface area contributed by atoms with Gasteiger partial charge in [-0.05, 0) is 56.2 Å². The fourth-order valence-electron chi connectivity index (χ4n) is 4.23. The minimum Gasteiger partial charge on any atom is -0.333 e. The van der Waals surface area contributed by atoms with E-state index in [9.17, 15) is 39.2 Å². The van der Waals surface area contributed by atoms with Gasteiger partial charge in [0.15, 0.2) is 9.84 Å². The van der Waals surface area contributed by atoms with E-state index in [1.54, 1.807) is 6.92 Å². The molecule has 2 aromatic rings. The summed E-state index contributed by atoms with van der Waals surface area (Å²) in [6, 6.07) is 4.35. The van der Waals surface area contributed by atoms with Crippen molar-refractivity contribution in [2.24, 2.45) is 0 Å². The summed E-state index contributed by atoms with van der Waals surface area (Å²) < 4.78 is 105. The third-order valence-electron chi connectivity index (χ3n) is 6.23. The van der Waals surface area contributed by atoms with Gasteiger partial charge < -0.3 is 4.90 Å². The SMILES string of the molecule is C[C@@H]1[C@H](N(C2CC2)S(=O)(=O)c2cccc(C(F)(F)F)c2)CN1C(=O)c1cc(F)ccc1S(C)(=O)=O. The van der Waals surface area contributed by atoms with Gasteiger partial charge in [0, 0.05) is 24.9 Å². The number of amides is 1. The van der Waals surface area contributed by atoms with Crippen molar-refractivity contribution in [1.82, 2.24) is 9.21 Å². The van der Waals surface area contributed by atoms with Crippen LogP contribution in [0.2, 0.25) is 0 Å². The van der Waals surface area contributed by atoms with Crippen molar-refractivity contribution in [1.29, 1.82) is 0 Å². The van der Waals surface area contributed by atoms with Crippen LogP contribution in [0.15, 0.2) is 52.3 Å². The third-order valence-corrected chi connectivity index (χ3v) is 9.36.